The molecule has 0 N–H and O–H groups in total. The number of alkyl halides is 1. The quantitative estimate of drug-likeness (QED) is 0.212. The third-order valence-corrected chi connectivity index (χ3v) is 9.93. The number of likely N-dealkylation sites (tertiary alicyclic amines) is 1. The first-order valence-electron chi connectivity index (χ1n) is 16.2. The van der Waals surface area contributed by atoms with Gasteiger partial charge in [0, 0.05) is 48.2 Å². The Kier molecular flexibility index (Phi) is 8.79. The van der Waals surface area contributed by atoms with Crippen molar-refractivity contribution < 1.29 is 23.0 Å². The molecule has 7 rings (SSSR count). The number of amides is 1. The van der Waals surface area contributed by atoms with E-state index in [0.29, 0.717) is 53.6 Å². The SMILES string of the molecule is C=C(F)C(=O)N1CCN(c2nc(OC[C@@H]3C[C@@H](F)CN3C)nc3cc(-c4cccc5cccc(Cl)c45)c4c(c23)OCCC4)CC1CC#N. The zero-order valence-corrected chi connectivity index (χ0v) is 27.3. The summed E-state index contributed by atoms with van der Waals surface area (Å²) in [6.07, 6.45) is 1.02. The maximum Gasteiger partial charge on any atom is 0.319 e. The summed E-state index contributed by atoms with van der Waals surface area (Å²) in [5.74, 6) is -0.682. The second-order valence-electron chi connectivity index (χ2n) is 12.7. The van der Waals surface area contributed by atoms with Crippen molar-refractivity contribution in [3.63, 3.8) is 0 Å². The van der Waals surface area contributed by atoms with Crippen LogP contribution in [0.2, 0.25) is 5.02 Å². The predicted octanol–water partition coefficient (Wildman–Crippen LogP) is 6.26. The second-order valence-corrected chi connectivity index (χ2v) is 13.1. The van der Waals surface area contributed by atoms with Crippen molar-refractivity contribution in [2.75, 3.05) is 51.3 Å². The lowest BCUT2D eigenvalue weighted by Gasteiger charge is -2.41. The summed E-state index contributed by atoms with van der Waals surface area (Å²) < 4.78 is 40.8. The van der Waals surface area contributed by atoms with Crippen LogP contribution in [-0.4, -0.2) is 90.4 Å². The van der Waals surface area contributed by atoms with Crippen molar-refractivity contribution >= 4 is 45.0 Å². The average Bonchev–Trinajstić information content (AvgIpc) is 3.42. The van der Waals surface area contributed by atoms with E-state index in [0.717, 1.165) is 40.3 Å². The Morgan fingerprint density at radius 3 is 2.71 bits per heavy atom. The highest BCUT2D eigenvalue weighted by Gasteiger charge is 2.35. The molecule has 0 radical (unpaired) electrons. The maximum atomic E-state index is 14.2. The van der Waals surface area contributed by atoms with Gasteiger partial charge in [-0.1, -0.05) is 48.5 Å². The van der Waals surface area contributed by atoms with E-state index in [4.69, 9.17) is 31.0 Å². The van der Waals surface area contributed by atoms with Crippen LogP contribution in [0.15, 0.2) is 54.9 Å². The molecule has 3 aliphatic rings. The van der Waals surface area contributed by atoms with Crippen molar-refractivity contribution in [3.8, 4) is 29.0 Å². The van der Waals surface area contributed by atoms with Gasteiger partial charge < -0.3 is 19.3 Å². The lowest BCUT2D eigenvalue weighted by molar-refractivity contribution is -0.131. The van der Waals surface area contributed by atoms with Crippen molar-refractivity contribution in [2.24, 2.45) is 0 Å². The number of anilines is 1. The highest BCUT2D eigenvalue weighted by Crippen LogP contribution is 2.46. The first-order valence-corrected chi connectivity index (χ1v) is 16.5. The summed E-state index contributed by atoms with van der Waals surface area (Å²) in [5, 5.41) is 12.9. The number of carbonyl (C=O) groups excluding carboxylic acids is 1. The number of nitriles is 1. The molecule has 1 aromatic heterocycles. The Hall–Kier alpha value is -4.53. The number of aromatic nitrogens is 2. The molecule has 3 atom stereocenters. The van der Waals surface area contributed by atoms with Gasteiger partial charge in [0.1, 0.15) is 24.3 Å². The molecule has 48 heavy (non-hydrogen) atoms. The third kappa shape index (κ3) is 5.88. The van der Waals surface area contributed by atoms with Crippen LogP contribution in [0.5, 0.6) is 11.8 Å². The molecular weight excluding hydrogens is 638 g/mol. The highest BCUT2D eigenvalue weighted by atomic mass is 35.5. The van der Waals surface area contributed by atoms with Crippen LogP contribution in [0, 0.1) is 11.3 Å². The van der Waals surface area contributed by atoms with Gasteiger partial charge in [-0.3, -0.25) is 9.69 Å². The molecule has 2 saturated heterocycles. The second kappa shape index (κ2) is 13.2. The fourth-order valence-corrected chi connectivity index (χ4v) is 7.56. The lowest BCUT2D eigenvalue weighted by Crippen LogP contribution is -2.55. The Balaban J connectivity index is 1.39. The van der Waals surface area contributed by atoms with Gasteiger partial charge in [0.25, 0.3) is 5.91 Å². The minimum absolute atomic E-state index is 0.000894. The minimum atomic E-state index is -1.06. The number of benzene rings is 3. The molecule has 248 valence electrons. The maximum absolute atomic E-state index is 14.2. The molecule has 0 bridgehead atoms. The van der Waals surface area contributed by atoms with E-state index in [-0.39, 0.29) is 38.2 Å². The van der Waals surface area contributed by atoms with Crippen molar-refractivity contribution in [3.05, 3.63) is 65.5 Å². The largest absolute Gasteiger partial charge is 0.492 e. The van der Waals surface area contributed by atoms with Crippen LogP contribution >= 0.6 is 11.6 Å². The number of halogens is 3. The third-order valence-electron chi connectivity index (χ3n) is 9.61. The fraction of sp³-hybridized carbons (Fsp3) is 0.389. The first-order chi connectivity index (χ1) is 23.2. The predicted molar refractivity (Wildman–Crippen MR) is 181 cm³/mol. The number of hydrogen-bond donors (Lipinski definition) is 0. The van der Waals surface area contributed by atoms with Crippen molar-refractivity contribution in [1.29, 1.82) is 5.26 Å². The Morgan fingerprint density at radius 2 is 1.96 bits per heavy atom. The summed E-state index contributed by atoms with van der Waals surface area (Å²) in [4.78, 5) is 27.7. The molecule has 1 amide bonds. The van der Waals surface area contributed by atoms with E-state index in [2.05, 4.69) is 18.7 Å². The summed E-state index contributed by atoms with van der Waals surface area (Å²) in [7, 11) is 1.87. The number of likely N-dealkylation sites (N-methyl/N-ethyl adjacent to an activating group) is 1. The van der Waals surface area contributed by atoms with E-state index < -0.39 is 23.9 Å². The zero-order valence-electron chi connectivity index (χ0n) is 26.6. The summed E-state index contributed by atoms with van der Waals surface area (Å²) in [6, 6.07) is 15.5. The molecule has 0 saturated carbocycles. The normalized spacial score (nSPS) is 21.2. The van der Waals surface area contributed by atoms with Crippen molar-refractivity contribution in [1.82, 2.24) is 19.8 Å². The number of nitrogens with zero attached hydrogens (tertiary/aromatic N) is 6. The standard InChI is InChI=1S/C36H35ClF2N6O3/c1-21(38)35(46)45-14-13-44(19-24(45)11-12-40)34-32-30(41-36(42-34)48-20-25-16-23(39)18-43(25)2)17-28(27-9-5-15-47-33(27)32)26-8-3-6-22-7-4-10-29(37)31(22)26/h3-4,6-8,10,17,23-25H,1,5,9,11,13-16,18-20H2,2H3/t23-,24?,25+/m1/s1. The minimum Gasteiger partial charge on any atom is -0.492 e. The van der Waals surface area contributed by atoms with E-state index >= 15 is 0 Å². The topological polar surface area (TPSA) is 94.8 Å². The highest BCUT2D eigenvalue weighted by molar-refractivity contribution is 6.36. The molecule has 3 aliphatic heterocycles. The van der Waals surface area contributed by atoms with E-state index in [1.54, 1.807) is 0 Å². The van der Waals surface area contributed by atoms with Gasteiger partial charge in [-0.15, -0.1) is 0 Å². The van der Waals surface area contributed by atoms with Crippen LogP contribution in [0.1, 0.15) is 24.8 Å². The molecule has 3 aromatic carbocycles. The van der Waals surface area contributed by atoms with Crippen molar-refractivity contribution in [2.45, 2.75) is 43.9 Å². The van der Waals surface area contributed by atoms with E-state index in [1.807, 2.05) is 53.2 Å². The van der Waals surface area contributed by atoms with Crippen LogP contribution in [0.25, 0.3) is 32.8 Å². The van der Waals surface area contributed by atoms with Crippen LogP contribution in [-0.2, 0) is 11.2 Å². The van der Waals surface area contributed by atoms with Crippen LogP contribution in [0.4, 0.5) is 14.6 Å². The van der Waals surface area contributed by atoms with Gasteiger partial charge >= 0.3 is 6.01 Å². The molecular formula is C36H35ClF2N6O3. The van der Waals surface area contributed by atoms with Gasteiger partial charge in [0.2, 0.25) is 0 Å². The number of fused-ring (bicyclic) bond motifs is 4. The molecule has 2 fully saturated rings. The average molecular weight is 673 g/mol. The van der Waals surface area contributed by atoms with Gasteiger partial charge in [-0.25, -0.2) is 8.78 Å². The molecule has 12 heteroatoms. The Bertz CT molecular complexity index is 1960. The first kappa shape index (κ1) is 32.0. The number of rotatable bonds is 7. The number of carbonyl (C=O) groups is 1. The molecule has 4 heterocycles. The number of piperazine rings is 1. The monoisotopic (exact) mass is 672 g/mol. The van der Waals surface area contributed by atoms with Gasteiger partial charge in [0.15, 0.2) is 5.83 Å². The van der Waals surface area contributed by atoms with Gasteiger partial charge in [-0.2, -0.15) is 15.2 Å². The number of hydrogen-bond acceptors (Lipinski definition) is 8. The van der Waals surface area contributed by atoms with E-state index in [9.17, 15) is 18.8 Å². The van der Waals surface area contributed by atoms with Crippen LogP contribution < -0.4 is 14.4 Å². The number of ether oxygens (including phenoxy) is 2. The Morgan fingerprint density at radius 1 is 1.15 bits per heavy atom. The fourth-order valence-electron chi connectivity index (χ4n) is 7.28. The molecule has 4 aromatic rings. The molecule has 9 nitrogen and oxygen atoms in total. The summed E-state index contributed by atoms with van der Waals surface area (Å²) >= 11 is 6.79. The zero-order chi connectivity index (χ0) is 33.5. The van der Waals surface area contributed by atoms with Gasteiger partial charge in [-0.05, 0) is 55.0 Å². The van der Waals surface area contributed by atoms with Crippen LogP contribution in [0.3, 0.4) is 0 Å². The molecule has 0 aliphatic carbocycles. The summed E-state index contributed by atoms with van der Waals surface area (Å²) in [5.41, 5.74) is 3.50. The smallest absolute Gasteiger partial charge is 0.319 e. The van der Waals surface area contributed by atoms with E-state index in [1.165, 1.54) is 4.90 Å². The van der Waals surface area contributed by atoms with Gasteiger partial charge in [0.05, 0.1) is 36.0 Å². The lowest BCUT2D eigenvalue weighted by atomic mass is 9.89. The summed E-state index contributed by atoms with van der Waals surface area (Å²) in [6.45, 7) is 4.94. The molecule has 0 spiro atoms. The Labute approximate surface area is 282 Å². The molecule has 1 unspecified atom stereocenters.